The molecule has 1 aromatic heterocycles. The predicted octanol–water partition coefficient (Wildman–Crippen LogP) is 3.55. The van der Waals surface area contributed by atoms with Crippen LogP contribution in [-0.4, -0.2) is 29.2 Å². The van der Waals surface area contributed by atoms with Crippen LogP contribution in [0.1, 0.15) is 62.9 Å². The van der Waals surface area contributed by atoms with Gasteiger partial charge in [-0.1, -0.05) is 25.5 Å². The van der Waals surface area contributed by atoms with Gasteiger partial charge in [0, 0.05) is 13.1 Å². The Morgan fingerprint density at radius 3 is 2.74 bits per heavy atom. The molecule has 2 rings (SSSR count). The van der Waals surface area contributed by atoms with Crippen LogP contribution in [0.25, 0.3) is 0 Å². The van der Waals surface area contributed by atoms with Gasteiger partial charge in [0.25, 0.3) is 5.91 Å². The summed E-state index contributed by atoms with van der Waals surface area (Å²) < 4.78 is 0. The molecule has 1 aliphatic carbocycles. The highest BCUT2D eigenvalue weighted by atomic mass is 16.1. The van der Waals surface area contributed by atoms with Crippen molar-refractivity contribution in [2.45, 2.75) is 52.4 Å². The maximum atomic E-state index is 11.9. The van der Waals surface area contributed by atoms with Crippen LogP contribution in [0.4, 0.5) is 5.82 Å². The van der Waals surface area contributed by atoms with Gasteiger partial charge < -0.3 is 10.6 Å². The highest BCUT2D eigenvalue weighted by Gasteiger charge is 2.08. The molecule has 5 nitrogen and oxygen atoms in total. The van der Waals surface area contributed by atoms with Crippen molar-refractivity contribution in [2.75, 3.05) is 18.4 Å². The predicted molar refractivity (Wildman–Crippen MR) is 93.5 cm³/mol. The molecule has 126 valence electrons. The molecular weight excluding hydrogens is 288 g/mol. The van der Waals surface area contributed by atoms with E-state index < -0.39 is 0 Å². The second-order valence-corrected chi connectivity index (χ2v) is 6.53. The van der Waals surface area contributed by atoms with Crippen molar-refractivity contribution in [3.8, 4) is 0 Å². The van der Waals surface area contributed by atoms with Crippen LogP contribution in [0.3, 0.4) is 0 Å². The number of nitrogens with zero attached hydrogens (tertiary/aromatic N) is 2. The normalized spacial score (nSPS) is 14.5. The lowest BCUT2D eigenvalue weighted by Gasteiger charge is -2.13. The quantitative estimate of drug-likeness (QED) is 0.720. The number of hydrogen-bond acceptors (Lipinski definition) is 4. The monoisotopic (exact) mass is 316 g/mol. The number of amides is 1. The van der Waals surface area contributed by atoms with Gasteiger partial charge in [0.1, 0.15) is 5.82 Å². The maximum absolute atomic E-state index is 11.9. The lowest BCUT2D eigenvalue weighted by atomic mass is 9.97. The first-order chi connectivity index (χ1) is 11.1. The molecule has 2 N–H and O–H groups in total. The smallest absolute Gasteiger partial charge is 0.271 e. The van der Waals surface area contributed by atoms with Gasteiger partial charge in [-0.25, -0.2) is 0 Å². The van der Waals surface area contributed by atoms with Crippen molar-refractivity contribution in [1.29, 1.82) is 0 Å². The van der Waals surface area contributed by atoms with Gasteiger partial charge in [-0.05, 0) is 56.6 Å². The minimum atomic E-state index is -0.155. The Morgan fingerprint density at radius 1 is 1.22 bits per heavy atom. The highest BCUT2D eigenvalue weighted by molar-refractivity contribution is 5.92. The average Bonchev–Trinajstić information content (AvgIpc) is 2.56. The Balaban J connectivity index is 1.73. The van der Waals surface area contributed by atoms with Crippen LogP contribution in [0.5, 0.6) is 0 Å². The van der Waals surface area contributed by atoms with Gasteiger partial charge in [0.05, 0.1) is 0 Å². The van der Waals surface area contributed by atoms with Gasteiger partial charge in [-0.15, -0.1) is 10.2 Å². The van der Waals surface area contributed by atoms with Gasteiger partial charge in [-0.3, -0.25) is 4.79 Å². The largest absolute Gasteiger partial charge is 0.368 e. The van der Waals surface area contributed by atoms with E-state index in [2.05, 4.69) is 40.8 Å². The van der Waals surface area contributed by atoms with Crippen molar-refractivity contribution in [3.63, 3.8) is 0 Å². The molecule has 0 saturated heterocycles. The Kier molecular flexibility index (Phi) is 7.04. The number of carbonyl (C=O) groups is 1. The molecule has 0 fully saturated rings. The number of carbonyl (C=O) groups excluding carboxylic acids is 1. The van der Waals surface area contributed by atoms with Crippen molar-refractivity contribution in [3.05, 3.63) is 29.5 Å². The molecule has 1 aliphatic rings. The maximum Gasteiger partial charge on any atom is 0.271 e. The molecular formula is C18H28N4O. The zero-order valence-electron chi connectivity index (χ0n) is 14.3. The van der Waals surface area contributed by atoms with Crippen LogP contribution < -0.4 is 10.6 Å². The van der Waals surface area contributed by atoms with E-state index >= 15 is 0 Å². The number of anilines is 1. The van der Waals surface area contributed by atoms with E-state index in [1.807, 2.05) is 6.07 Å². The molecule has 0 atom stereocenters. The number of nitrogens with one attached hydrogen (secondary N) is 2. The van der Waals surface area contributed by atoms with Gasteiger partial charge in [0.2, 0.25) is 0 Å². The topological polar surface area (TPSA) is 66.9 Å². The Morgan fingerprint density at radius 2 is 2.09 bits per heavy atom. The fourth-order valence-corrected chi connectivity index (χ4v) is 2.60. The molecule has 0 aliphatic heterocycles. The van der Waals surface area contributed by atoms with Gasteiger partial charge in [0.15, 0.2) is 5.69 Å². The molecule has 0 bridgehead atoms. The summed E-state index contributed by atoms with van der Waals surface area (Å²) in [6, 6.07) is 3.54. The van der Waals surface area contributed by atoms with Crippen molar-refractivity contribution < 1.29 is 4.79 Å². The minimum Gasteiger partial charge on any atom is -0.368 e. The number of hydrogen-bond donors (Lipinski definition) is 2. The zero-order chi connectivity index (χ0) is 16.5. The third-order valence-corrected chi connectivity index (χ3v) is 4.04. The van der Waals surface area contributed by atoms with Crippen molar-refractivity contribution >= 4 is 11.7 Å². The van der Waals surface area contributed by atoms with E-state index in [-0.39, 0.29) is 5.91 Å². The summed E-state index contributed by atoms with van der Waals surface area (Å²) in [5, 5.41) is 14.2. The van der Waals surface area contributed by atoms with Gasteiger partial charge >= 0.3 is 0 Å². The van der Waals surface area contributed by atoms with E-state index in [1.165, 1.54) is 31.3 Å². The van der Waals surface area contributed by atoms with Crippen LogP contribution in [0, 0.1) is 5.92 Å². The second-order valence-electron chi connectivity index (χ2n) is 6.53. The Bertz CT molecular complexity index is 522. The summed E-state index contributed by atoms with van der Waals surface area (Å²) in [7, 11) is 0. The van der Waals surface area contributed by atoms with E-state index in [0.29, 0.717) is 18.2 Å². The SMILES string of the molecule is CC(C)CCNC(=O)c1ccc(NCCC2=CCCCC2)nn1. The highest BCUT2D eigenvalue weighted by Crippen LogP contribution is 2.19. The van der Waals surface area contributed by atoms with Crippen LogP contribution in [0.15, 0.2) is 23.8 Å². The summed E-state index contributed by atoms with van der Waals surface area (Å²) >= 11 is 0. The zero-order valence-corrected chi connectivity index (χ0v) is 14.3. The lowest BCUT2D eigenvalue weighted by Crippen LogP contribution is -2.26. The van der Waals surface area contributed by atoms with Crippen molar-refractivity contribution in [1.82, 2.24) is 15.5 Å². The minimum absolute atomic E-state index is 0.155. The molecule has 1 amide bonds. The molecule has 0 radical (unpaired) electrons. The second kappa shape index (κ2) is 9.28. The first kappa shape index (κ1) is 17.4. The fraction of sp³-hybridized carbons (Fsp3) is 0.611. The lowest BCUT2D eigenvalue weighted by molar-refractivity contribution is 0.0946. The molecule has 0 spiro atoms. The summed E-state index contributed by atoms with van der Waals surface area (Å²) in [5.41, 5.74) is 1.91. The summed E-state index contributed by atoms with van der Waals surface area (Å²) in [6.45, 7) is 5.80. The van der Waals surface area contributed by atoms with E-state index in [1.54, 1.807) is 6.07 Å². The van der Waals surface area contributed by atoms with Crippen molar-refractivity contribution in [2.24, 2.45) is 5.92 Å². The number of allylic oxidation sites excluding steroid dienone is 1. The standard InChI is InChI=1S/C18H28N4O/c1-14(2)10-12-20-18(23)16-8-9-17(22-21-16)19-13-11-15-6-4-3-5-7-15/h6,8-9,14H,3-5,7,10-13H2,1-2H3,(H,19,22)(H,20,23). The molecule has 0 aromatic carbocycles. The summed E-state index contributed by atoms with van der Waals surface area (Å²) in [4.78, 5) is 11.9. The van der Waals surface area contributed by atoms with Gasteiger partial charge in [-0.2, -0.15) is 0 Å². The average molecular weight is 316 g/mol. The van der Waals surface area contributed by atoms with E-state index in [9.17, 15) is 4.79 Å². The molecule has 23 heavy (non-hydrogen) atoms. The number of rotatable bonds is 8. The molecule has 1 aromatic rings. The molecule has 0 saturated carbocycles. The third kappa shape index (κ3) is 6.38. The Labute approximate surface area is 139 Å². The van der Waals surface area contributed by atoms with Crippen LogP contribution >= 0.6 is 0 Å². The molecule has 5 heteroatoms. The first-order valence-corrected chi connectivity index (χ1v) is 8.69. The number of aromatic nitrogens is 2. The molecule has 0 unspecified atom stereocenters. The van der Waals surface area contributed by atoms with E-state index in [4.69, 9.17) is 0 Å². The van der Waals surface area contributed by atoms with E-state index in [0.717, 1.165) is 25.2 Å². The summed E-state index contributed by atoms with van der Waals surface area (Å²) in [5.74, 6) is 1.14. The molecule has 1 heterocycles. The Hall–Kier alpha value is -1.91. The fourth-order valence-electron chi connectivity index (χ4n) is 2.60. The summed E-state index contributed by atoms with van der Waals surface area (Å²) in [6.07, 6.45) is 9.46. The first-order valence-electron chi connectivity index (χ1n) is 8.69. The van der Waals surface area contributed by atoms with Crippen LogP contribution in [-0.2, 0) is 0 Å². The third-order valence-electron chi connectivity index (χ3n) is 4.04. The van der Waals surface area contributed by atoms with Crippen LogP contribution in [0.2, 0.25) is 0 Å².